The summed E-state index contributed by atoms with van der Waals surface area (Å²) in [5.41, 5.74) is 7.86. The highest BCUT2D eigenvalue weighted by atomic mass is 32.1. The molecule has 2 aromatic rings. The zero-order valence-corrected chi connectivity index (χ0v) is 15.2. The van der Waals surface area contributed by atoms with Crippen molar-refractivity contribution in [1.29, 1.82) is 5.26 Å². The molecule has 1 aromatic heterocycles. The maximum Gasteiger partial charge on any atom is 0.324 e. The number of carbonyl (C=O) groups is 2. The van der Waals surface area contributed by atoms with Gasteiger partial charge in [-0.25, -0.2) is 4.79 Å². The highest BCUT2D eigenvalue weighted by Gasteiger charge is 2.27. The molecule has 0 bridgehead atoms. The SMILES string of the molecule is CCN1CCc2c(sc(NC(=O)Nc3cccc(C#N)c3)c2C(N)=O)C1. The summed E-state index contributed by atoms with van der Waals surface area (Å²) in [6, 6.07) is 8.15. The Kier molecular flexibility index (Phi) is 5.21. The third-order valence-electron chi connectivity index (χ3n) is 4.31. The van der Waals surface area contributed by atoms with Crippen LogP contribution in [0.2, 0.25) is 0 Å². The molecule has 2 heterocycles. The summed E-state index contributed by atoms with van der Waals surface area (Å²) >= 11 is 1.39. The Hall–Kier alpha value is -2.89. The fourth-order valence-corrected chi connectivity index (χ4v) is 4.30. The Balaban J connectivity index is 1.81. The van der Waals surface area contributed by atoms with E-state index in [2.05, 4.69) is 22.5 Å². The number of thiophene rings is 1. The normalized spacial score (nSPS) is 13.5. The molecule has 7 nitrogen and oxygen atoms in total. The molecule has 1 aromatic carbocycles. The Morgan fingerprint density at radius 3 is 2.88 bits per heavy atom. The first kappa shape index (κ1) is 17.9. The molecule has 8 heteroatoms. The second kappa shape index (κ2) is 7.56. The van der Waals surface area contributed by atoms with Gasteiger partial charge in [0.15, 0.2) is 0 Å². The molecule has 0 unspecified atom stereocenters. The van der Waals surface area contributed by atoms with E-state index in [1.54, 1.807) is 24.3 Å². The quantitative estimate of drug-likeness (QED) is 0.769. The van der Waals surface area contributed by atoms with Crippen LogP contribution < -0.4 is 16.4 Å². The van der Waals surface area contributed by atoms with Crippen molar-refractivity contribution < 1.29 is 9.59 Å². The predicted molar refractivity (Wildman–Crippen MR) is 101 cm³/mol. The molecule has 3 rings (SSSR count). The van der Waals surface area contributed by atoms with Crippen LogP contribution in [0.5, 0.6) is 0 Å². The first-order chi connectivity index (χ1) is 12.5. The van der Waals surface area contributed by atoms with E-state index in [1.807, 2.05) is 6.07 Å². The molecule has 0 atom stereocenters. The minimum absolute atomic E-state index is 0.404. The highest BCUT2D eigenvalue weighted by molar-refractivity contribution is 7.17. The average molecular weight is 369 g/mol. The Bertz CT molecular complexity index is 899. The lowest BCUT2D eigenvalue weighted by atomic mass is 10.0. The van der Waals surface area contributed by atoms with E-state index in [4.69, 9.17) is 11.0 Å². The highest BCUT2D eigenvalue weighted by Crippen LogP contribution is 2.36. The largest absolute Gasteiger partial charge is 0.365 e. The summed E-state index contributed by atoms with van der Waals surface area (Å²) in [6.45, 7) is 4.65. The van der Waals surface area contributed by atoms with Crippen molar-refractivity contribution in [1.82, 2.24) is 4.90 Å². The molecular formula is C18H19N5O2S. The van der Waals surface area contributed by atoms with Crippen molar-refractivity contribution in [2.24, 2.45) is 5.73 Å². The van der Waals surface area contributed by atoms with Crippen molar-refractivity contribution in [3.05, 3.63) is 45.8 Å². The maximum atomic E-state index is 12.3. The van der Waals surface area contributed by atoms with Crippen LogP contribution in [-0.2, 0) is 13.0 Å². The molecule has 26 heavy (non-hydrogen) atoms. The number of likely N-dealkylation sites (N-methyl/N-ethyl adjacent to an activating group) is 1. The predicted octanol–water partition coefficient (Wildman–Crippen LogP) is 2.74. The van der Waals surface area contributed by atoms with Gasteiger partial charge < -0.3 is 11.1 Å². The summed E-state index contributed by atoms with van der Waals surface area (Å²) in [7, 11) is 0. The van der Waals surface area contributed by atoms with Gasteiger partial charge in [0.05, 0.1) is 17.2 Å². The maximum absolute atomic E-state index is 12.3. The molecule has 0 saturated heterocycles. The van der Waals surface area contributed by atoms with E-state index in [-0.39, 0.29) is 0 Å². The lowest BCUT2D eigenvalue weighted by molar-refractivity contribution is 0.1000. The topological polar surface area (TPSA) is 111 Å². The lowest BCUT2D eigenvalue weighted by Gasteiger charge is -2.25. The number of fused-ring (bicyclic) bond motifs is 1. The van der Waals surface area contributed by atoms with Crippen molar-refractivity contribution in [2.45, 2.75) is 19.9 Å². The fraction of sp³-hybridized carbons (Fsp3) is 0.278. The molecule has 1 aliphatic heterocycles. The molecule has 3 amide bonds. The first-order valence-electron chi connectivity index (χ1n) is 8.26. The molecule has 0 spiro atoms. The molecular weight excluding hydrogens is 350 g/mol. The van der Waals surface area contributed by atoms with E-state index in [9.17, 15) is 9.59 Å². The molecule has 4 N–H and O–H groups in total. The van der Waals surface area contributed by atoms with Crippen LogP contribution in [0.3, 0.4) is 0 Å². The van der Waals surface area contributed by atoms with Crippen LogP contribution in [0.15, 0.2) is 24.3 Å². The van der Waals surface area contributed by atoms with Crippen molar-refractivity contribution in [3.63, 3.8) is 0 Å². The van der Waals surface area contributed by atoms with Crippen molar-refractivity contribution in [2.75, 3.05) is 23.7 Å². The number of benzene rings is 1. The van der Waals surface area contributed by atoms with Gasteiger partial charge in [-0.3, -0.25) is 15.0 Å². The van der Waals surface area contributed by atoms with E-state index in [0.717, 1.165) is 36.5 Å². The molecule has 0 fully saturated rings. The third kappa shape index (κ3) is 3.69. The van der Waals surface area contributed by atoms with Crippen molar-refractivity contribution >= 4 is 34.0 Å². The van der Waals surface area contributed by atoms with Gasteiger partial charge in [0.25, 0.3) is 5.91 Å². The number of primary amides is 1. The number of hydrogen-bond acceptors (Lipinski definition) is 5. The lowest BCUT2D eigenvalue weighted by Crippen LogP contribution is -2.30. The summed E-state index contributed by atoms with van der Waals surface area (Å²) in [5.74, 6) is -0.533. The summed E-state index contributed by atoms with van der Waals surface area (Å²) < 4.78 is 0. The van der Waals surface area contributed by atoms with Gasteiger partial charge in [-0.15, -0.1) is 11.3 Å². The monoisotopic (exact) mass is 369 g/mol. The molecule has 0 radical (unpaired) electrons. The number of urea groups is 1. The van der Waals surface area contributed by atoms with Crippen molar-refractivity contribution in [3.8, 4) is 6.07 Å². The molecule has 1 aliphatic rings. The van der Waals surface area contributed by atoms with E-state index in [0.29, 0.717) is 21.8 Å². The van der Waals surface area contributed by atoms with Crippen LogP contribution in [-0.4, -0.2) is 29.9 Å². The number of nitrogens with one attached hydrogen (secondary N) is 2. The van der Waals surface area contributed by atoms with E-state index in [1.165, 1.54) is 11.3 Å². The number of nitriles is 1. The zero-order chi connectivity index (χ0) is 18.7. The van der Waals surface area contributed by atoms with Crippen LogP contribution in [0.4, 0.5) is 15.5 Å². The van der Waals surface area contributed by atoms with Crippen LogP contribution >= 0.6 is 11.3 Å². The van der Waals surface area contributed by atoms with Gasteiger partial charge in [0, 0.05) is 23.7 Å². The van der Waals surface area contributed by atoms with E-state index < -0.39 is 11.9 Å². The van der Waals surface area contributed by atoms with Gasteiger partial charge in [0.2, 0.25) is 0 Å². The van der Waals surface area contributed by atoms with Gasteiger partial charge in [0.1, 0.15) is 5.00 Å². The molecule has 0 aliphatic carbocycles. The molecule has 134 valence electrons. The standard InChI is InChI=1S/C18H19N5O2S/c1-2-23-7-6-13-14(10-23)26-17(15(13)16(20)24)22-18(25)21-12-5-3-4-11(8-12)9-19/h3-5,8H,2,6-7,10H2,1H3,(H2,20,24)(H2,21,22,25). The van der Waals surface area contributed by atoms with Gasteiger partial charge in [-0.1, -0.05) is 13.0 Å². The average Bonchev–Trinajstić information content (AvgIpc) is 2.98. The molecule has 0 saturated carbocycles. The zero-order valence-electron chi connectivity index (χ0n) is 14.3. The second-order valence-electron chi connectivity index (χ2n) is 5.96. The Morgan fingerprint density at radius 1 is 1.38 bits per heavy atom. The first-order valence-corrected chi connectivity index (χ1v) is 9.08. The summed E-state index contributed by atoms with van der Waals surface area (Å²) in [4.78, 5) is 27.6. The third-order valence-corrected chi connectivity index (χ3v) is 5.44. The van der Waals surface area contributed by atoms with Gasteiger partial charge in [-0.2, -0.15) is 5.26 Å². The smallest absolute Gasteiger partial charge is 0.324 e. The number of anilines is 2. The van der Waals surface area contributed by atoms with Crippen LogP contribution in [0.1, 0.15) is 33.3 Å². The Labute approximate surface area is 155 Å². The number of carbonyl (C=O) groups excluding carboxylic acids is 2. The van der Waals surface area contributed by atoms with Gasteiger partial charge >= 0.3 is 6.03 Å². The van der Waals surface area contributed by atoms with E-state index >= 15 is 0 Å². The fourth-order valence-electron chi connectivity index (χ4n) is 3.01. The number of nitrogens with two attached hydrogens (primary N) is 1. The number of rotatable bonds is 4. The summed E-state index contributed by atoms with van der Waals surface area (Å²) in [5, 5.41) is 14.8. The number of nitrogens with zero attached hydrogens (tertiary/aromatic N) is 2. The Morgan fingerprint density at radius 2 is 2.19 bits per heavy atom. The summed E-state index contributed by atoms with van der Waals surface area (Å²) in [6.07, 6.45) is 0.742. The van der Waals surface area contributed by atoms with Crippen LogP contribution in [0, 0.1) is 11.3 Å². The minimum Gasteiger partial charge on any atom is -0.365 e. The number of hydrogen-bond donors (Lipinski definition) is 3. The number of amides is 3. The van der Waals surface area contributed by atoms with Crippen LogP contribution in [0.25, 0.3) is 0 Å². The van der Waals surface area contributed by atoms with Gasteiger partial charge in [-0.05, 0) is 36.7 Å². The second-order valence-corrected chi connectivity index (χ2v) is 7.07. The minimum atomic E-state index is -0.533.